The molecule has 0 spiro atoms. The Hall–Kier alpha value is -1.78. The number of halogens is 4. The molecule has 150 valence electrons. The Morgan fingerprint density at radius 2 is 1.93 bits per heavy atom. The van der Waals surface area contributed by atoms with Crippen molar-refractivity contribution >= 4 is 29.9 Å². The molecule has 9 heteroatoms. The van der Waals surface area contributed by atoms with Crippen molar-refractivity contribution in [1.29, 1.82) is 0 Å². The monoisotopic (exact) mass is 495 g/mol. The molecule has 1 aromatic carbocycles. The van der Waals surface area contributed by atoms with Gasteiger partial charge in [0.2, 0.25) is 0 Å². The van der Waals surface area contributed by atoms with Gasteiger partial charge in [-0.2, -0.15) is 18.3 Å². The fraction of sp³-hybridized carbons (Fsp3) is 0.444. The van der Waals surface area contributed by atoms with Gasteiger partial charge in [0.25, 0.3) is 0 Å². The number of guanidine groups is 1. The van der Waals surface area contributed by atoms with Crippen LogP contribution in [0.15, 0.2) is 47.7 Å². The molecule has 1 unspecified atom stereocenters. The molecule has 0 saturated carbocycles. The van der Waals surface area contributed by atoms with E-state index >= 15 is 0 Å². The highest BCUT2D eigenvalue weighted by Crippen LogP contribution is 2.29. The molecular formula is C18H25F3IN5. The summed E-state index contributed by atoms with van der Waals surface area (Å²) in [6.45, 7) is 6.57. The number of rotatable bonds is 7. The van der Waals surface area contributed by atoms with Gasteiger partial charge in [-0.25, -0.2) is 4.99 Å². The van der Waals surface area contributed by atoms with Gasteiger partial charge in [-0.1, -0.05) is 19.1 Å². The van der Waals surface area contributed by atoms with Crippen molar-refractivity contribution in [3.05, 3.63) is 53.9 Å². The lowest BCUT2D eigenvalue weighted by Crippen LogP contribution is -2.40. The van der Waals surface area contributed by atoms with E-state index < -0.39 is 11.7 Å². The number of nitrogens with one attached hydrogen (secondary N) is 2. The normalized spacial score (nSPS) is 13.0. The van der Waals surface area contributed by atoms with Crippen LogP contribution in [-0.4, -0.2) is 28.8 Å². The first-order valence-corrected chi connectivity index (χ1v) is 8.54. The zero-order valence-corrected chi connectivity index (χ0v) is 17.7. The molecule has 0 aliphatic heterocycles. The van der Waals surface area contributed by atoms with Gasteiger partial charge in [0.15, 0.2) is 5.96 Å². The van der Waals surface area contributed by atoms with Crippen LogP contribution in [-0.2, 0) is 19.3 Å². The number of aliphatic imine (C=N–C) groups is 1. The fourth-order valence-electron chi connectivity index (χ4n) is 2.37. The molecular weight excluding hydrogens is 470 g/mol. The summed E-state index contributed by atoms with van der Waals surface area (Å²) in [5.41, 5.74) is 0.0718. The molecule has 1 atom stereocenters. The Balaban J connectivity index is 0.00000364. The van der Waals surface area contributed by atoms with E-state index in [0.29, 0.717) is 31.5 Å². The third-order valence-corrected chi connectivity index (χ3v) is 3.72. The van der Waals surface area contributed by atoms with Crippen LogP contribution in [0.5, 0.6) is 0 Å². The average molecular weight is 495 g/mol. The van der Waals surface area contributed by atoms with Crippen LogP contribution in [0.4, 0.5) is 13.2 Å². The van der Waals surface area contributed by atoms with Crippen LogP contribution in [0.1, 0.15) is 25.0 Å². The van der Waals surface area contributed by atoms with E-state index in [4.69, 9.17) is 0 Å². The zero-order chi connectivity index (χ0) is 19.0. The van der Waals surface area contributed by atoms with E-state index in [1.165, 1.54) is 12.1 Å². The highest BCUT2D eigenvalue weighted by Gasteiger charge is 2.29. The van der Waals surface area contributed by atoms with Gasteiger partial charge >= 0.3 is 6.18 Å². The van der Waals surface area contributed by atoms with Gasteiger partial charge in [-0.05, 0) is 36.6 Å². The van der Waals surface area contributed by atoms with Crippen molar-refractivity contribution in [2.75, 3.05) is 13.1 Å². The van der Waals surface area contributed by atoms with Crippen molar-refractivity contribution < 1.29 is 13.2 Å². The maximum absolute atomic E-state index is 12.6. The van der Waals surface area contributed by atoms with Gasteiger partial charge in [0.05, 0.1) is 12.1 Å². The smallest absolute Gasteiger partial charge is 0.357 e. The third-order valence-electron chi connectivity index (χ3n) is 3.72. The second kappa shape index (κ2) is 11.2. The van der Waals surface area contributed by atoms with Crippen LogP contribution in [0, 0.1) is 5.92 Å². The summed E-state index contributed by atoms with van der Waals surface area (Å²) in [5.74, 6) is 0.976. The zero-order valence-electron chi connectivity index (χ0n) is 15.3. The molecule has 27 heavy (non-hydrogen) atoms. The van der Waals surface area contributed by atoms with Crippen LogP contribution < -0.4 is 10.6 Å². The summed E-state index contributed by atoms with van der Waals surface area (Å²) in [7, 11) is 0. The van der Waals surface area contributed by atoms with E-state index in [0.717, 1.165) is 24.2 Å². The fourth-order valence-corrected chi connectivity index (χ4v) is 2.37. The third kappa shape index (κ3) is 8.19. The lowest BCUT2D eigenvalue weighted by Gasteiger charge is -2.16. The predicted octanol–water partition coefficient (Wildman–Crippen LogP) is 3.91. The highest BCUT2D eigenvalue weighted by atomic mass is 127. The van der Waals surface area contributed by atoms with Crippen LogP contribution in [0.2, 0.25) is 0 Å². The molecule has 0 amide bonds. The minimum Gasteiger partial charge on any atom is -0.357 e. The predicted molar refractivity (Wildman–Crippen MR) is 111 cm³/mol. The number of hydrogen-bond acceptors (Lipinski definition) is 2. The van der Waals surface area contributed by atoms with Crippen molar-refractivity contribution in [1.82, 2.24) is 20.4 Å². The summed E-state index contributed by atoms with van der Waals surface area (Å²) < 4.78 is 39.6. The number of alkyl halides is 3. The Morgan fingerprint density at radius 1 is 1.22 bits per heavy atom. The molecule has 0 radical (unpaired) electrons. The molecule has 2 aromatic rings. The number of benzene rings is 1. The van der Waals surface area contributed by atoms with Crippen molar-refractivity contribution in [3.8, 4) is 0 Å². The summed E-state index contributed by atoms with van der Waals surface area (Å²) >= 11 is 0. The Kier molecular flexibility index (Phi) is 9.61. The summed E-state index contributed by atoms with van der Waals surface area (Å²) in [5, 5.41) is 10.6. The first-order valence-electron chi connectivity index (χ1n) is 8.54. The van der Waals surface area contributed by atoms with E-state index in [1.54, 1.807) is 6.20 Å². The minimum absolute atomic E-state index is 0. The van der Waals surface area contributed by atoms with E-state index in [2.05, 4.69) is 27.6 Å². The molecule has 0 bridgehead atoms. The molecule has 2 rings (SSSR count). The second-order valence-electron chi connectivity index (χ2n) is 6.10. The Morgan fingerprint density at radius 3 is 2.48 bits per heavy atom. The van der Waals surface area contributed by atoms with Crippen molar-refractivity contribution in [2.45, 2.75) is 33.1 Å². The van der Waals surface area contributed by atoms with Gasteiger partial charge in [0.1, 0.15) is 0 Å². The second-order valence-corrected chi connectivity index (χ2v) is 6.10. The topological polar surface area (TPSA) is 54.2 Å². The van der Waals surface area contributed by atoms with E-state index in [9.17, 15) is 13.2 Å². The SMILES string of the molecule is CCNC(=NCc1ccc(C(F)(F)F)cc1)NCC(C)Cn1cccn1.I. The Bertz CT molecular complexity index is 684. The summed E-state index contributed by atoms with van der Waals surface area (Å²) in [4.78, 5) is 4.44. The molecule has 0 aliphatic rings. The van der Waals surface area contributed by atoms with Crippen molar-refractivity contribution in [2.24, 2.45) is 10.9 Å². The van der Waals surface area contributed by atoms with Crippen LogP contribution >= 0.6 is 24.0 Å². The summed E-state index contributed by atoms with van der Waals surface area (Å²) in [6.07, 6.45) is -0.654. The lowest BCUT2D eigenvalue weighted by molar-refractivity contribution is -0.137. The van der Waals surface area contributed by atoms with Gasteiger partial charge in [-0.3, -0.25) is 4.68 Å². The Labute approximate surface area is 174 Å². The van der Waals surface area contributed by atoms with Gasteiger partial charge in [0, 0.05) is 32.0 Å². The van der Waals surface area contributed by atoms with Crippen LogP contribution in [0.25, 0.3) is 0 Å². The van der Waals surface area contributed by atoms with Gasteiger partial charge < -0.3 is 10.6 Å². The number of aromatic nitrogens is 2. The van der Waals surface area contributed by atoms with Crippen molar-refractivity contribution in [3.63, 3.8) is 0 Å². The maximum atomic E-state index is 12.6. The molecule has 2 N–H and O–H groups in total. The number of hydrogen-bond donors (Lipinski definition) is 2. The first kappa shape index (κ1) is 23.3. The van der Waals surface area contributed by atoms with E-state index in [-0.39, 0.29) is 24.0 Å². The highest BCUT2D eigenvalue weighted by molar-refractivity contribution is 14.0. The minimum atomic E-state index is -4.32. The largest absolute Gasteiger partial charge is 0.416 e. The quantitative estimate of drug-likeness (QED) is 0.348. The molecule has 0 aliphatic carbocycles. The summed E-state index contributed by atoms with van der Waals surface area (Å²) in [6, 6.07) is 6.96. The van der Waals surface area contributed by atoms with E-state index in [1.807, 2.05) is 23.9 Å². The molecule has 0 saturated heterocycles. The molecule has 1 heterocycles. The standard InChI is InChI=1S/C18H24F3N5.HI/c1-3-22-17(23-11-14(2)13-26-10-4-9-25-26)24-12-15-5-7-16(8-6-15)18(19,20)21;/h4-10,14H,3,11-13H2,1-2H3,(H2,22,23,24);1H. The lowest BCUT2D eigenvalue weighted by atomic mass is 10.1. The van der Waals surface area contributed by atoms with Gasteiger partial charge in [-0.15, -0.1) is 24.0 Å². The average Bonchev–Trinajstić information content (AvgIpc) is 3.10. The molecule has 0 fully saturated rings. The molecule has 5 nitrogen and oxygen atoms in total. The van der Waals surface area contributed by atoms with Crippen LogP contribution in [0.3, 0.4) is 0 Å². The molecule has 1 aromatic heterocycles. The maximum Gasteiger partial charge on any atom is 0.416 e. The number of nitrogens with zero attached hydrogens (tertiary/aromatic N) is 3. The first-order chi connectivity index (χ1) is 12.4.